The first-order valence-corrected chi connectivity index (χ1v) is 11.5. The minimum Gasteiger partial charge on any atom is -0.508 e. The number of aromatic hydroxyl groups is 1. The molecule has 0 saturated carbocycles. The van der Waals surface area contributed by atoms with E-state index in [1.165, 1.54) is 0 Å². The highest BCUT2D eigenvalue weighted by molar-refractivity contribution is 5.57. The van der Waals surface area contributed by atoms with Crippen molar-refractivity contribution >= 4 is 0 Å². The Labute approximate surface area is 208 Å². The molecule has 3 aromatic carbocycles. The number of fused-ring (bicyclic) bond motifs is 2. The molecule has 0 radical (unpaired) electrons. The van der Waals surface area contributed by atoms with Crippen LogP contribution in [0.1, 0.15) is 28.2 Å². The van der Waals surface area contributed by atoms with Crippen LogP contribution < -0.4 is 24.4 Å². The predicted molar refractivity (Wildman–Crippen MR) is 133 cm³/mol. The lowest BCUT2D eigenvalue weighted by atomic mass is 9.84. The van der Waals surface area contributed by atoms with Crippen LogP contribution in [0.3, 0.4) is 0 Å². The molecule has 4 aromatic rings. The Morgan fingerprint density at radius 2 is 1.72 bits per heavy atom. The van der Waals surface area contributed by atoms with Crippen LogP contribution in [0.4, 0.5) is 0 Å². The average molecular weight is 486 g/mol. The summed E-state index contributed by atoms with van der Waals surface area (Å²) in [7, 11) is 4.85. The largest absolute Gasteiger partial charge is 0.508 e. The summed E-state index contributed by atoms with van der Waals surface area (Å²) < 4.78 is 24.0. The number of ether oxygens (including phenoxy) is 4. The van der Waals surface area contributed by atoms with Crippen LogP contribution in [-0.4, -0.2) is 36.0 Å². The number of aryl methyl sites for hydroxylation is 2. The van der Waals surface area contributed by atoms with Crippen molar-refractivity contribution in [3.05, 3.63) is 94.7 Å². The molecule has 184 valence electrons. The van der Waals surface area contributed by atoms with Crippen molar-refractivity contribution < 1.29 is 24.1 Å². The van der Waals surface area contributed by atoms with Crippen molar-refractivity contribution in [3.8, 4) is 34.6 Å². The van der Waals surface area contributed by atoms with Gasteiger partial charge in [-0.05, 0) is 47.9 Å². The fourth-order valence-electron chi connectivity index (χ4n) is 4.55. The smallest absolute Gasteiger partial charge is 0.228 e. The second kappa shape index (κ2) is 9.65. The van der Waals surface area contributed by atoms with Gasteiger partial charge in [0.1, 0.15) is 29.1 Å². The number of nitrogens with zero attached hydrogens (tertiary/aromatic N) is 2. The summed E-state index contributed by atoms with van der Waals surface area (Å²) in [5, 5.41) is 19.1. The quantitative estimate of drug-likeness (QED) is 0.349. The third-order valence-electron chi connectivity index (χ3n) is 6.43. The fraction of sp³-hybridized carbons (Fsp3) is 0.214. The maximum atomic E-state index is 10.0. The summed E-state index contributed by atoms with van der Waals surface area (Å²) >= 11 is 0. The van der Waals surface area contributed by atoms with Gasteiger partial charge in [0.15, 0.2) is 11.5 Å². The number of benzene rings is 3. The molecule has 1 aliphatic rings. The lowest BCUT2D eigenvalue weighted by molar-refractivity contribution is 0.354. The lowest BCUT2D eigenvalue weighted by Gasteiger charge is -2.28. The number of methoxy groups -OCH3 is 3. The molecule has 8 heteroatoms. The van der Waals surface area contributed by atoms with Crippen molar-refractivity contribution in [1.29, 1.82) is 5.41 Å². The van der Waals surface area contributed by atoms with Crippen LogP contribution >= 0.6 is 0 Å². The van der Waals surface area contributed by atoms with Gasteiger partial charge >= 0.3 is 0 Å². The zero-order valence-electron chi connectivity index (χ0n) is 20.3. The van der Waals surface area contributed by atoms with Crippen molar-refractivity contribution in [2.75, 3.05) is 21.3 Å². The van der Waals surface area contributed by atoms with Gasteiger partial charge in [-0.15, -0.1) is 0 Å². The average Bonchev–Trinajstić information content (AvgIpc) is 2.91. The monoisotopic (exact) mass is 485 g/mol. The van der Waals surface area contributed by atoms with Crippen LogP contribution in [0.15, 0.2) is 67.0 Å². The third-order valence-corrected chi connectivity index (χ3v) is 6.43. The predicted octanol–water partition coefficient (Wildman–Crippen LogP) is 4.62. The Bertz CT molecular complexity index is 1460. The number of hydrogen-bond donors (Lipinski definition) is 2. The standard InChI is InChI=1S/C28H27N3O5/c1-33-20-8-5-18(6-9-20)25-21-10-7-19(32)15-23(21)36-28-26(25)27(29)31(16-30-28)13-12-17-4-11-22(34-2)24(14-17)35-3/h4-11,14-16,25,29,32H,12-13H2,1-3H3/t25-/m0/s1. The number of rotatable bonds is 7. The van der Waals surface area contributed by atoms with Crippen LogP contribution in [0.25, 0.3) is 0 Å². The van der Waals surface area contributed by atoms with E-state index in [9.17, 15) is 5.11 Å². The molecule has 0 saturated heterocycles. The molecular formula is C28H27N3O5. The Morgan fingerprint density at radius 3 is 2.44 bits per heavy atom. The maximum Gasteiger partial charge on any atom is 0.228 e. The number of phenols is 1. The van der Waals surface area contributed by atoms with Gasteiger partial charge in [0.25, 0.3) is 0 Å². The van der Waals surface area contributed by atoms with Crippen LogP contribution in [0.2, 0.25) is 0 Å². The van der Waals surface area contributed by atoms with Gasteiger partial charge in [-0.1, -0.05) is 24.3 Å². The molecule has 8 nitrogen and oxygen atoms in total. The SMILES string of the molecule is COc1ccc([C@H]2c3ccc(O)cc3Oc3ncn(CCc4ccc(OC)c(OC)c4)c(=N)c32)cc1. The van der Waals surface area contributed by atoms with E-state index in [-0.39, 0.29) is 11.7 Å². The zero-order valence-corrected chi connectivity index (χ0v) is 20.3. The number of hydrogen-bond acceptors (Lipinski definition) is 7. The molecule has 5 rings (SSSR count). The van der Waals surface area contributed by atoms with Crippen LogP contribution in [-0.2, 0) is 13.0 Å². The second-order valence-electron chi connectivity index (χ2n) is 8.48. The van der Waals surface area contributed by atoms with Crippen LogP contribution in [0.5, 0.6) is 34.6 Å². The molecule has 0 unspecified atom stereocenters. The molecule has 0 bridgehead atoms. The zero-order chi connectivity index (χ0) is 25.2. The van der Waals surface area contributed by atoms with E-state index in [1.54, 1.807) is 39.8 Å². The highest BCUT2D eigenvalue weighted by Gasteiger charge is 2.32. The van der Waals surface area contributed by atoms with Gasteiger partial charge in [0.05, 0.1) is 26.9 Å². The van der Waals surface area contributed by atoms with Gasteiger partial charge in [0.2, 0.25) is 5.88 Å². The molecule has 1 aliphatic heterocycles. The number of nitrogens with one attached hydrogen (secondary N) is 1. The van der Waals surface area contributed by atoms with Crippen molar-refractivity contribution in [1.82, 2.24) is 9.55 Å². The third kappa shape index (κ3) is 4.22. The topological polar surface area (TPSA) is 98.8 Å². The van der Waals surface area contributed by atoms with E-state index < -0.39 is 0 Å². The Balaban J connectivity index is 1.54. The van der Waals surface area contributed by atoms with E-state index in [4.69, 9.17) is 24.4 Å². The van der Waals surface area contributed by atoms with Crippen molar-refractivity contribution in [2.24, 2.45) is 0 Å². The summed E-state index contributed by atoms with van der Waals surface area (Å²) in [4.78, 5) is 4.56. The highest BCUT2D eigenvalue weighted by Crippen LogP contribution is 2.46. The van der Waals surface area contributed by atoms with E-state index in [1.807, 2.05) is 53.1 Å². The molecule has 1 aromatic heterocycles. The Hall–Kier alpha value is -4.46. The summed E-state index contributed by atoms with van der Waals surface area (Å²) in [6.07, 6.45) is 2.30. The van der Waals surface area contributed by atoms with Gasteiger partial charge in [-0.3, -0.25) is 5.41 Å². The highest BCUT2D eigenvalue weighted by atomic mass is 16.5. The van der Waals surface area contributed by atoms with Gasteiger partial charge < -0.3 is 28.6 Å². The molecule has 0 fully saturated rings. The Morgan fingerprint density at radius 1 is 0.944 bits per heavy atom. The molecule has 2 N–H and O–H groups in total. The van der Waals surface area contributed by atoms with E-state index >= 15 is 0 Å². The molecule has 0 amide bonds. The fourth-order valence-corrected chi connectivity index (χ4v) is 4.55. The Kier molecular flexibility index (Phi) is 6.25. The first-order chi connectivity index (χ1) is 17.5. The summed E-state index contributed by atoms with van der Waals surface area (Å²) in [5.41, 5.74) is 3.88. The summed E-state index contributed by atoms with van der Waals surface area (Å²) in [5.74, 6) is 2.80. The summed E-state index contributed by atoms with van der Waals surface area (Å²) in [6, 6.07) is 18.6. The van der Waals surface area contributed by atoms with Gasteiger partial charge in [0, 0.05) is 24.1 Å². The molecule has 2 heterocycles. The van der Waals surface area contributed by atoms with E-state index in [2.05, 4.69) is 4.98 Å². The molecular weight excluding hydrogens is 458 g/mol. The van der Waals surface area contributed by atoms with Crippen LogP contribution in [0, 0.1) is 5.41 Å². The van der Waals surface area contributed by atoms with Gasteiger partial charge in [-0.25, -0.2) is 4.98 Å². The summed E-state index contributed by atoms with van der Waals surface area (Å²) in [6.45, 7) is 0.548. The van der Waals surface area contributed by atoms with Gasteiger partial charge in [-0.2, -0.15) is 0 Å². The maximum absolute atomic E-state index is 10.0. The molecule has 0 spiro atoms. The normalized spacial score (nSPS) is 13.8. The second-order valence-corrected chi connectivity index (χ2v) is 8.48. The molecule has 1 atom stereocenters. The van der Waals surface area contributed by atoms with Crippen molar-refractivity contribution in [2.45, 2.75) is 18.9 Å². The first kappa shape index (κ1) is 23.3. The lowest BCUT2D eigenvalue weighted by Crippen LogP contribution is -2.30. The first-order valence-electron chi connectivity index (χ1n) is 11.5. The van der Waals surface area contributed by atoms with E-state index in [0.29, 0.717) is 47.1 Å². The number of phenolic OH excluding ortho intramolecular Hbond substituents is 1. The van der Waals surface area contributed by atoms with Crippen molar-refractivity contribution in [3.63, 3.8) is 0 Å². The molecule has 0 aliphatic carbocycles. The molecule has 36 heavy (non-hydrogen) atoms. The van der Waals surface area contributed by atoms with E-state index in [0.717, 1.165) is 22.4 Å². The minimum atomic E-state index is -0.288. The number of aromatic nitrogens is 2. The minimum absolute atomic E-state index is 0.109.